The van der Waals surface area contributed by atoms with Gasteiger partial charge in [0.2, 0.25) is 0 Å². The molecule has 2 aromatic carbocycles. The van der Waals surface area contributed by atoms with Crippen molar-refractivity contribution in [1.29, 1.82) is 0 Å². The van der Waals surface area contributed by atoms with Gasteiger partial charge in [-0.1, -0.05) is 11.3 Å². The second-order valence-corrected chi connectivity index (χ2v) is 8.42. The number of benzene rings is 2. The first-order valence-electron chi connectivity index (χ1n) is 10.4. The monoisotopic (exact) mass is 487 g/mol. The Morgan fingerprint density at radius 3 is 2.59 bits per heavy atom. The fourth-order valence-corrected chi connectivity index (χ4v) is 4.77. The van der Waals surface area contributed by atoms with E-state index in [4.69, 9.17) is 9.47 Å². The molecule has 1 aliphatic heterocycles. The van der Waals surface area contributed by atoms with E-state index in [2.05, 4.69) is 4.99 Å². The van der Waals surface area contributed by atoms with Crippen LogP contribution in [0.2, 0.25) is 0 Å². The highest BCUT2D eigenvalue weighted by molar-refractivity contribution is 7.16. The van der Waals surface area contributed by atoms with Crippen LogP contribution in [0.4, 0.5) is 17.1 Å². The maximum absolute atomic E-state index is 13.0. The Bertz CT molecular complexity index is 1330. The van der Waals surface area contributed by atoms with E-state index in [-0.39, 0.29) is 16.9 Å². The van der Waals surface area contributed by atoms with E-state index in [0.717, 1.165) is 11.3 Å². The molecule has 13 heteroatoms. The predicted molar refractivity (Wildman–Crippen MR) is 124 cm³/mol. The highest BCUT2D eigenvalue weighted by Crippen LogP contribution is 2.30. The van der Waals surface area contributed by atoms with Gasteiger partial charge in [-0.15, -0.1) is 0 Å². The largest absolute Gasteiger partial charge is 0.383 e. The maximum Gasteiger partial charge on any atom is 0.293 e. The number of fused-ring (bicyclic) bond motifs is 1. The van der Waals surface area contributed by atoms with Crippen molar-refractivity contribution in [3.8, 4) is 0 Å². The number of morpholine rings is 1. The third-order valence-corrected chi connectivity index (χ3v) is 6.41. The summed E-state index contributed by atoms with van der Waals surface area (Å²) in [5, 5.41) is 22.8. The quantitative estimate of drug-likeness (QED) is 0.366. The summed E-state index contributed by atoms with van der Waals surface area (Å²) in [6.07, 6.45) is 0. The molecule has 0 aliphatic carbocycles. The van der Waals surface area contributed by atoms with Crippen LogP contribution in [-0.4, -0.2) is 60.3 Å². The summed E-state index contributed by atoms with van der Waals surface area (Å²) in [6, 6.07) is 8.71. The number of nitrogens with zero attached hydrogens (tertiary/aromatic N) is 5. The van der Waals surface area contributed by atoms with Crippen molar-refractivity contribution in [3.63, 3.8) is 0 Å². The molecule has 0 N–H and O–H groups in total. The highest BCUT2D eigenvalue weighted by Gasteiger charge is 2.23. The summed E-state index contributed by atoms with van der Waals surface area (Å²) in [7, 11) is 1.54. The zero-order valence-electron chi connectivity index (χ0n) is 18.2. The molecule has 1 fully saturated rings. The molecule has 0 saturated carbocycles. The second kappa shape index (κ2) is 10.1. The molecule has 12 nitrogen and oxygen atoms in total. The van der Waals surface area contributed by atoms with E-state index in [1.807, 2.05) is 4.90 Å². The number of ether oxygens (including phenoxy) is 2. The lowest BCUT2D eigenvalue weighted by Crippen LogP contribution is -2.36. The Morgan fingerprint density at radius 2 is 1.91 bits per heavy atom. The Labute approximate surface area is 197 Å². The minimum absolute atomic E-state index is 0.0696. The summed E-state index contributed by atoms with van der Waals surface area (Å²) in [6.45, 7) is 2.69. The van der Waals surface area contributed by atoms with Crippen LogP contribution in [0.5, 0.6) is 0 Å². The lowest BCUT2D eigenvalue weighted by Gasteiger charge is -2.28. The second-order valence-electron chi connectivity index (χ2n) is 7.42. The minimum atomic E-state index is -0.649. The lowest BCUT2D eigenvalue weighted by atomic mass is 10.1. The van der Waals surface area contributed by atoms with E-state index < -0.39 is 15.8 Å². The van der Waals surface area contributed by atoms with Crippen molar-refractivity contribution < 1.29 is 24.1 Å². The Balaban J connectivity index is 1.75. The first-order chi connectivity index (χ1) is 16.4. The van der Waals surface area contributed by atoms with Gasteiger partial charge in [-0.25, -0.2) is 0 Å². The Morgan fingerprint density at radius 1 is 1.15 bits per heavy atom. The van der Waals surface area contributed by atoms with Crippen LogP contribution in [0.1, 0.15) is 10.4 Å². The first kappa shape index (κ1) is 23.5. The van der Waals surface area contributed by atoms with Crippen molar-refractivity contribution in [3.05, 3.63) is 67.0 Å². The molecule has 178 valence electrons. The average molecular weight is 487 g/mol. The number of nitro benzene ring substituents is 2. The fourth-order valence-electron chi connectivity index (χ4n) is 3.69. The number of thiazole rings is 1. The molecule has 2 heterocycles. The average Bonchev–Trinajstić information content (AvgIpc) is 3.18. The van der Waals surface area contributed by atoms with E-state index in [9.17, 15) is 25.0 Å². The van der Waals surface area contributed by atoms with Crippen LogP contribution in [0.25, 0.3) is 10.2 Å². The number of non-ortho nitro benzene ring substituents is 1. The minimum Gasteiger partial charge on any atom is -0.383 e. The molecule has 0 radical (unpaired) electrons. The van der Waals surface area contributed by atoms with Crippen LogP contribution >= 0.6 is 11.3 Å². The van der Waals surface area contributed by atoms with Gasteiger partial charge >= 0.3 is 0 Å². The predicted octanol–water partition coefficient (Wildman–Crippen LogP) is 2.74. The fraction of sp³-hybridized carbons (Fsp3) is 0.333. The van der Waals surface area contributed by atoms with Gasteiger partial charge in [-0.3, -0.25) is 25.0 Å². The molecular weight excluding hydrogens is 466 g/mol. The number of hydrogen-bond donors (Lipinski definition) is 0. The van der Waals surface area contributed by atoms with Crippen molar-refractivity contribution >= 4 is 44.5 Å². The van der Waals surface area contributed by atoms with Crippen LogP contribution in [0.15, 0.2) is 41.4 Å². The topological polar surface area (TPSA) is 142 Å². The molecule has 34 heavy (non-hydrogen) atoms. The molecule has 1 aliphatic rings. The highest BCUT2D eigenvalue weighted by atomic mass is 32.1. The molecule has 0 atom stereocenters. The number of methoxy groups -OCH3 is 1. The van der Waals surface area contributed by atoms with E-state index in [1.54, 1.807) is 16.7 Å². The number of carbonyl (C=O) groups excluding carboxylic acids is 1. The van der Waals surface area contributed by atoms with Gasteiger partial charge in [0.25, 0.3) is 17.3 Å². The number of nitro groups is 2. The van der Waals surface area contributed by atoms with E-state index >= 15 is 0 Å². The van der Waals surface area contributed by atoms with E-state index in [0.29, 0.717) is 60.2 Å². The number of carbonyl (C=O) groups is 1. The molecule has 3 aromatic rings. The molecule has 0 bridgehead atoms. The van der Waals surface area contributed by atoms with E-state index in [1.165, 1.54) is 31.4 Å². The number of anilines is 1. The summed E-state index contributed by atoms with van der Waals surface area (Å²) in [5.41, 5.74) is 0.925. The summed E-state index contributed by atoms with van der Waals surface area (Å²) in [4.78, 5) is 41.2. The summed E-state index contributed by atoms with van der Waals surface area (Å²) < 4.78 is 12.8. The molecule has 4 rings (SSSR count). The third-order valence-electron chi connectivity index (χ3n) is 5.36. The van der Waals surface area contributed by atoms with Gasteiger partial charge in [-0.05, 0) is 18.2 Å². The van der Waals surface area contributed by atoms with Crippen molar-refractivity contribution in [2.24, 2.45) is 4.99 Å². The first-order valence-corrected chi connectivity index (χ1v) is 11.2. The number of aromatic nitrogens is 1. The molecular formula is C21H21N5O7S. The summed E-state index contributed by atoms with van der Waals surface area (Å²) >= 11 is 1.12. The van der Waals surface area contributed by atoms with Gasteiger partial charge in [0.05, 0.1) is 39.9 Å². The maximum atomic E-state index is 13.0. The van der Waals surface area contributed by atoms with Crippen molar-refractivity contribution in [2.45, 2.75) is 6.54 Å². The van der Waals surface area contributed by atoms with Gasteiger partial charge in [0.1, 0.15) is 5.69 Å². The normalized spacial score (nSPS) is 14.5. The van der Waals surface area contributed by atoms with Gasteiger partial charge < -0.3 is 18.9 Å². The van der Waals surface area contributed by atoms with Gasteiger partial charge in [-0.2, -0.15) is 4.99 Å². The van der Waals surface area contributed by atoms with Crippen LogP contribution in [0, 0.1) is 20.2 Å². The Hall–Kier alpha value is -3.68. The SMILES string of the molecule is COCCn1c(=NC(=O)c2ccc(N3CCOCC3)c([N+](=O)[O-])c2)sc2cc([N+](=O)[O-])ccc21. The van der Waals surface area contributed by atoms with Crippen molar-refractivity contribution in [1.82, 2.24) is 4.57 Å². The third kappa shape index (κ3) is 4.81. The molecule has 1 aromatic heterocycles. The number of rotatable bonds is 7. The zero-order valence-corrected chi connectivity index (χ0v) is 19.0. The molecule has 1 saturated heterocycles. The van der Waals surface area contributed by atoms with Crippen LogP contribution < -0.4 is 9.70 Å². The smallest absolute Gasteiger partial charge is 0.293 e. The number of hydrogen-bond acceptors (Lipinski definition) is 9. The lowest BCUT2D eigenvalue weighted by molar-refractivity contribution is -0.384. The van der Waals surface area contributed by atoms with Gasteiger partial charge in [0.15, 0.2) is 4.80 Å². The molecule has 1 amide bonds. The van der Waals surface area contributed by atoms with Gasteiger partial charge in [0, 0.05) is 50.5 Å². The van der Waals surface area contributed by atoms with Crippen LogP contribution in [0.3, 0.4) is 0 Å². The Kier molecular flexibility index (Phi) is 6.95. The molecule has 0 unspecified atom stereocenters. The number of amides is 1. The molecule has 0 spiro atoms. The van der Waals surface area contributed by atoms with Crippen molar-refractivity contribution in [2.75, 3.05) is 44.9 Å². The zero-order chi connectivity index (χ0) is 24.2. The summed E-state index contributed by atoms with van der Waals surface area (Å²) in [5.74, 6) is -0.649. The standard InChI is InChI=1S/C21H21N5O7S/c1-32-9-8-24-17-5-3-15(25(28)29)13-19(17)34-21(24)22-20(27)14-2-4-16(18(12-14)26(30)31)23-6-10-33-11-7-23/h2-5,12-13H,6-11H2,1H3. The van der Waals surface area contributed by atoms with Crippen LogP contribution in [-0.2, 0) is 16.0 Å².